The van der Waals surface area contributed by atoms with Crippen molar-refractivity contribution in [3.05, 3.63) is 30.1 Å². The molecule has 0 unspecified atom stereocenters. The first-order valence-electron chi connectivity index (χ1n) is 6.36. The van der Waals surface area contributed by atoms with Gasteiger partial charge in [-0.05, 0) is 37.4 Å². The van der Waals surface area contributed by atoms with E-state index in [0.29, 0.717) is 5.41 Å². The van der Waals surface area contributed by atoms with Crippen LogP contribution in [0.15, 0.2) is 24.5 Å². The quantitative estimate of drug-likeness (QED) is 0.822. The average molecular weight is 218 g/mol. The van der Waals surface area contributed by atoms with Crippen LogP contribution in [0, 0.1) is 5.92 Å². The summed E-state index contributed by atoms with van der Waals surface area (Å²) in [4.78, 5) is 4.26. The maximum Gasteiger partial charge on any atom is 0.0306 e. The minimum atomic E-state index is 0.364. The second-order valence-corrected chi connectivity index (χ2v) is 5.12. The summed E-state index contributed by atoms with van der Waals surface area (Å²) in [6, 6.07) is 4.28. The summed E-state index contributed by atoms with van der Waals surface area (Å²) in [6.07, 6.45) is 9.25. The molecular formula is C14H22N2. The van der Waals surface area contributed by atoms with Gasteiger partial charge in [0.1, 0.15) is 0 Å². The van der Waals surface area contributed by atoms with Gasteiger partial charge < -0.3 is 5.32 Å². The highest BCUT2D eigenvalue weighted by Gasteiger charge is 2.44. The SMILES string of the molecule is CCCC1CC(CNC)(c2cccnc2)C1. The maximum atomic E-state index is 4.26. The molecule has 0 aliphatic heterocycles. The van der Waals surface area contributed by atoms with Crippen molar-refractivity contribution < 1.29 is 0 Å². The van der Waals surface area contributed by atoms with Gasteiger partial charge in [0.05, 0.1) is 0 Å². The molecule has 0 radical (unpaired) electrons. The minimum Gasteiger partial charge on any atom is -0.319 e. The van der Waals surface area contributed by atoms with E-state index in [0.717, 1.165) is 12.5 Å². The van der Waals surface area contributed by atoms with E-state index in [-0.39, 0.29) is 0 Å². The Kier molecular flexibility index (Phi) is 3.59. The molecule has 1 saturated carbocycles. The zero-order chi connectivity index (χ0) is 11.4. The van der Waals surface area contributed by atoms with E-state index in [9.17, 15) is 0 Å². The third kappa shape index (κ3) is 2.12. The normalized spacial score (nSPS) is 28.8. The van der Waals surface area contributed by atoms with Gasteiger partial charge in [-0.2, -0.15) is 0 Å². The molecular weight excluding hydrogens is 196 g/mol. The Morgan fingerprint density at radius 3 is 2.88 bits per heavy atom. The van der Waals surface area contributed by atoms with Crippen molar-refractivity contribution >= 4 is 0 Å². The second-order valence-electron chi connectivity index (χ2n) is 5.12. The summed E-state index contributed by atoms with van der Waals surface area (Å²) in [6.45, 7) is 3.36. The van der Waals surface area contributed by atoms with E-state index in [1.165, 1.54) is 31.2 Å². The lowest BCUT2D eigenvalue weighted by atomic mass is 9.58. The highest BCUT2D eigenvalue weighted by Crippen LogP contribution is 2.48. The minimum absolute atomic E-state index is 0.364. The number of rotatable bonds is 5. The van der Waals surface area contributed by atoms with Crippen LogP contribution in [0.25, 0.3) is 0 Å². The number of nitrogens with one attached hydrogen (secondary N) is 1. The van der Waals surface area contributed by atoms with Crippen LogP contribution in [-0.2, 0) is 5.41 Å². The van der Waals surface area contributed by atoms with Crippen molar-refractivity contribution in [2.75, 3.05) is 13.6 Å². The van der Waals surface area contributed by atoms with Crippen molar-refractivity contribution in [3.8, 4) is 0 Å². The first-order valence-corrected chi connectivity index (χ1v) is 6.36. The van der Waals surface area contributed by atoms with Gasteiger partial charge in [0.25, 0.3) is 0 Å². The average Bonchev–Trinajstić information content (AvgIpc) is 2.27. The van der Waals surface area contributed by atoms with Crippen LogP contribution in [0.2, 0.25) is 0 Å². The van der Waals surface area contributed by atoms with Gasteiger partial charge in [-0.15, -0.1) is 0 Å². The Morgan fingerprint density at radius 2 is 2.31 bits per heavy atom. The summed E-state index contributed by atoms with van der Waals surface area (Å²) in [5.41, 5.74) is 1.78. The van der Waals surface area contributed by atoms with Gasteiger partial charge >= 0.3 is 0 Å². The molecule has 1 fully saturated rings. The first kappa shape index (κ1) is 11.6. The number of hydrogen-bond donors (Lipinski definition) is 1. The Hall–Kier alpha value is -0.890. The highest BCUT2D eigenvalue weighted by atomic mass is 14.8. The number of hydrogen-bond acceptors (Lipinski definition) is 2. The molecule has 0 bridgehead atoms. The van der Waals surface area contributed by atoms with E-state index in [1.807, 2.05) is 19.4 Å². The lowest BCUT2D eigenvalue weighted by molar-refractivity contribution is 0.131. The Labute approximate surface area is 98.5 Å². The Morgan fingerprint density at radius 1 is 1.50 bits per heavy atom. The van der Waals surface area contributed by atoms with Crippen molar-refractivity contribution in [1.29, 1.82) is 0 Å². The number of nitrogens with zero attached hydrogens (tertiary/aromatic N) is 1. The molecule has 1 aromatic rings. The fraction of sp³-hybridized carbons (Fsp3) is 0.643. The molecule has 0 atom stereocenters. The van der Waals surface area contributed by atoms with Gasteiger partial charge in [0.2, 0.25) is 0 Å². The van der Waals surface area contributed by atoms with Crippen molar-refractivity contribution in [3.63, 3.8) is 0 Å². The molecule has 2 heteroatoms. The Bertz CT molecular complexity index is 315. The largest absolute Gasteiger partial charge is 0.319 e. The van der Waals surface area contributed by atoms with Crippen LogP contribution in [0.5, 0.6) is 0 Å². The monoisotopic (exact) mass is 218 g/mol. The van der Waals surface area contributed by atoms with Gasteiger partial charge in [-0.1, -0.05) is 25.8 Å². The zero-order valence-corrected chi connectivity index (χ0v) is 10.4. The molecule has 2 nitrogen and oxygen atoms in total. The molecule has 1 aliphatic rings. The zero-order valence-electron chi connectivity index (χ0n) is 10.4. The molecule has 1 aromatic heterocycles. The Balaban J connectivity index is 2.08. The summed E-state index contributed by atoms with van der Waals surface area (Å²) in [7, 11) is 2.05. The predicted octanol–water partition coefficient (Wildman–Crippen LogP) is 2.75. The second kappa shape index (κ2) is 4.96. The summed E-state index contributed by atoms with van der Waals surface area (Å²) in [5.74, 6) is 0.929. The van der Waals surface area contributed by atoms with Gasteiger partial charge in [0.15, 0.2) is 0 Å². The van der Waals surface area contributed by atoms with Crippen molar-refractivity contribution in [2.45, 2.75) is 38.0 Å². The molecule has 1 aliphatic carbocycles. The van der Waals surface area contributed by atoms with Crippen LogP contribution < -0.4 is 5.32 Å². The van der Waals surface area contributed by atoms with Crippen LogP contribution in [0.1, 0.15) is 38.2 Å². The van der Waals surface area contributed by atoms with E-state index in [1.54, 1.807) is 0 Å². The van der Waals surface area contributed by atoms with Crippen molar-refractivity contribution in [2.24, 2.45) is 5.92 Å². The smallest absolute Gasteiger partial charge is 0.0306 e. The molecule has 1 heterocycles. The van der Waals surface area contributed by atoms with Crippen molar-refractivity contribution in [1.82, 2.24) is 10.3 Å². The topological polar surface area (TPSA) is 24.9 Å². The van der Waals surface area contributed by atoms with Crippen LogP contribution in [-0.4, -0.2) is 18.6 Å². The number of pyridine rings is 1. The third-order valence-electron chi connectivity index (χ3n) is 3.84. The van der Waals surface area contributed by atoms with E-state index >= 15 is 0 Å². The fourth-order valence-corrected chi connectivity index (χ4v) is 3.15. The molecule has 0 spiro atoms. The first-order chi connectivity index (χ1) is 7.80. The van der Waals surface area contributed by atoms with Crippen LogP contribution >= 0.6 is 0 Å². The number of aromatic nitrogens is 1. The summed E-state index contributed by atoms with van der Waals surface area (Å²) >= 11 is 0. The molecule has 0 aromatic carbocycles. The van der Waals surface area contributed by atoms with Crippen LogP contribution in [0.4, 0.5) is 0 Å². The van der Waals surface area contributed by atoms with E-state index in [4.69, 9.17) is 0 Å². The fourth-order valence-electron chi connectivity index (χ4n) is 3.15. The maximum absolute atomic E-state index is 4.26. The van der Waals surface area contributed by atoms with Gasteiger partial charge in [-0.3, -0.25) is 4.98 Å². The van der Waals surface area contributed by atoms with Gasteiger partial charge in [0, 0.05) is 24.4 Å². The molecule has 88 valence electrons. The van der Waals surface area contributed by atoms with E-state index in [2.05, 4.69) is 29.4 Å². The molecule has 0 amide bonds. The third-order valence-corrected chi connectivity index (χ3v) is 3.84. The van der Waals surface area contributed by atoms with Gasteiger partial charge in [-0.25, -0.2) is 0 Å². The van der Waals surface area contributed by atoms with E-state index < -0.39 is 0 Å². The molecule has 1 N–H and O–H groups in total. The standard InChI is InChI=1S/C14H22N2/c1-3-5-12-8-14(9-12,11-15-2)13-6-4-7-16-10-13/h4,6-7,10,12,15H,3,5,8-9,11H2,1-2H3. The molecule has 0 saturated heterocycles. The predicted molar refractivity (Wildman–Crippen MR) is 67.5 cm³/mol. The summed E-state index contributed by atoms with van der Waals surface area (Å²) < 4.78 is 0. The molecule has 16 heavy (non-hydrogen) atoms. The number of likely N-dealkylation sites (N-methyl/N-ethyl adjacent to an activating group) is 1. The summed E-state index contributed by atoms with van der Waals surface area (Å²) in [5, 5.41) is 3.34. The lowest BCUT2D eigenvalue weighted by Gasteiger charge is -2.48. The highest BCUT2D eigenvalue weighted by molar-refractivity contribution is 5.26. The van der Waals surface area contributed by atoms with Crippen LogP contribution in [0.3, 0.4) is 0 Å². The lowest BCUT2D eigenvalue weighted by Crippen LogP contribution is -2.47. The molecule has 2 rings (SSSR count).